The van der Waals surface area contributed by atoms with E-state index in [9.17, 15) is 9.59 Å². The van der Waals surface area contributed by atoms with Gasteiger partial charge in [0.15, 0.2) is 6.10 Å². The van der Waals surface area contributed by atoms with Gasteiger partial charge >= 0.3 is 5.63 Å². The summed E-state index contributed by atoms with van der Waals surface area (Å²) in [5, 5.41) is 4.54. The number of nitrogens with one attached hydrogen (secondary N) is 1. The lowest BCUT2D eigenvalue weighted by Gasteiger charge is -2.49. The van der Waals surface area contributed by atoms with E-state index in [1.165, 1.54) is 6.07 Å². The van der Waals surface area contributed by atoms with Crippen molar-refractivity contribution >= 4 is 16.9 Å². The van der Waals surface area contributed by atoms with Crippen molar-refractivity contribution in [3.05, 3.63) is 40.2 Å². The van der Waals surface area contributed by atoms with Gasteiger partial charge in [-0.05, 0) is 71.6 Å². The van der Waals surface area contributed by atoms with Crippen LogP contribution >= 0.6 is 0 Å². The van der Waals surface area contributed by atoms with Gasteiger partial charge in [0.2, 0.25) is 0 Å². The average Bonchev–Trinajstić information content (AvgIpc) is 2.63. The lowest BCUT2D eigenvalue weighted by atomic mass is 9.79. The zero-order chi connectivity index (χ0) is 22.3. The lowest BCUT2D eigenvalue weighted by Crippen LogP contribution is -2.63. The molecule has 6 heteroatoms. The highest BCUT2D eigenvalue weighted by atomic mass is 16.5. The number of ether oxygens (including phenoxy) is 1. The van der Waals surface area contributed by atoms with Crippen LogP contribution in [0.15, 0.2) is 33.5 Å². The van der Waals surface area contributed by atoms with Crippen LogP contribution in [0.1, 0.15) is 59.9 Å². The maximum absolute atomic E-state index is 13.1. The number of rotatable bonds is 5. The molecular weight excluding hydrogens is 380 g/mol. The molecule has 0 aliphatic carbocycles. The van der Waals surface area contributed by atoms with Crippen LogP contribution < -0.4 is 15.7 Å². The fourth-order valence-corrected chi connectivity index (χ4v) is 4.84. The molecule has 30 heavy (non-hydrogen) atoms. The topological polar surface area (TPSA) is 71.8 Å². The monoisotopic (exact) mass is 414 g/mol. The zero-order valence-corrected chi connectivity index (χ0v) is 19.2. The zero-order valence-electron chi connectivity index (χ0n) is 19.2. The number of fused-ring (bicyclic) bond motifs is 1. The van der Waals surface area contributed by atoms with Crippen molar-refractivity contribution in [1.82, 2.24) is 10.2 Å². The number of amides is 1. The molecule has 1 N–H and O–H groups in total. The van der Waals surface area contributed by atoms with Crippen LogP contribution in [0.4, 0.5) is 0 Å². The van der Waals surface area contributed by atoms with Crippen LogP contribution in [-0.2, 0) is 11.2 Å². The molecule has 1 unspecified atom stereocenters. The van der Waals surface area contributed by atoms with Crippen LogP contribution in [0.3, 0.4) is 0 Å². The van der Waals surface area contributed by atoms with E-state index in [2.05, 4.69) is 33.0 Å². The Morgan fingerprint density at radius 3 is 2.47 bits per heavy atom. The Morgan fingerprint density at radius 2 is 1.87 bits per heavy atom. The molecule has 1 saturated heterocycles. The number of piperidine rings is 1. The number of carbonyl (C=O) groups excluding carboxylic acids is 1. The number of benzene rings is 1. The van der Waals surface area contributed by atoms with Crippen molar-refractivity contribution in [1.29, 1.82) is 0 Å². The SMILES string of the molecule is CCc1cc(=O)oc2cc(OC(C)C(=O)N(C)C3CC(C)(C)NC(C)(C)C3)ccc12. The van der Waals surface area contributed by atoms with E-state index in [1.807, 2.05) is 31.0 Å². The molecule has 2 heterocycles. The molecule has 1 amide bonds. The molecule has 0 radical (unpaired) electrons. The molecule has 1 atom stereocenters. The summed E-state index contributed by atoms with van der Waals surface area (Å²) in [6.07, 6.45) is 1.86. The van der Waals surface area contributed by atoms with Gasteiger partial charge in [-0.1, -0.05) is 6.92 Å². The summed E-state index contributed by atoms with van der Waals surface area (Å²) in [6, 6.07) is 7.05. The van der Waals surface area contributed by atoms with Crippen molar-refractivity contribution in [2.75, 3.05) is 7.05 Å². The lowest BCUT2D eigenvalue weighted by molar-refractivity contribution is -0.140. The summed E-state index contributed by atoms with van der Waals surface area (Å²) in [6.45, 7) is 12.5. The van der Waals surface area contributed by atoms with Crippen molar-refractivity contribution in [2.45, 2.75) is 84.0 Å². The summed E-state index contributed by atoms with van der Waals surface area (Å²) in [5.74, 6) is 0.455. The molecule has 0 bridgehead atoms. The predicted molar refractivity (Wildman–Crippen MR) is 119 cm³/mol. The van der Waals surface area contributed by atoms with E-state index >= 15 is 0 Å². The minimum absolute atomic E-state index is 0.0437. The third kappa shape index (κ3) is 4.86. The van der Waals surface area contributed by atoms with Crippen molar-refractivity contribution in [2.24, 2.45) is 0 Å². The number of carbonyl (C=O) groups is 1. The quantitative estimate of drug-likeness (QED) is 0.752. The summed E-state index contributed by atoms with van der Waals surface area (Å²) in [7, 11) is 1.86. The first-order valence-electron chi connectivity index (χ1n) is 10.7. The first kappa shape index (κ1) is 22.3. The Bertz CT molecular complexity index is 976. The highest BCUT2D eigenvalue weighted by Crippen LogP contribution is 2.31. The average molecular weight is 415 g/mol. The molecule has 1 aromatic heterocycles. The van der Waals surface area contributed by atoms with E-state index < -0.39 is 6.10 Å². The standard InChI is InChI=1S/C24H34N2O4/c1-8-16-11-21(27)30-20-12-18(9-10-19(16)20)29-15(2)22(28)26(7)17-13-23(3,4)25-24(5,6)14-17/h9-12,15,17,25H,8,13-14H2,1-7H3. The Hall–Kier alpha value is -2.34. The van der Waals surface area contributed by atoms with Crippen molar-refractivity contribution in [3.63, 3.8) is 0 Å². The van der Waals surface area contributed by atoms with Gasteiger partial charge in [-0.2, -0.15) is 0 Å². The molecule has 2 aromatic rings. The van der Waals surface area contributed by atoms with Crippen molar-refractivity contribution < 1.29 is 13.9 Å². The Balaban J connectivity index is 1.76. The van der Waals surface area contributed by atoms with Gasteiger partial charge in [-0.25, -0.2) is 4.79 Å². The fraction of sp³-hybridized carbons (Fsp3) is 0.583. The largest absolute Gasteiger partial charge is 0.481 e. The minimum Gasteiger partial charge on any atom is -0.481 e. The molecule has 1 aliphatic heterocycles. The number of likely N-dealkylation sites (N-methyl/N-ethyl adjacent to an activating group) is 1. The van der Waals surface area contributed by atoms with E-state index in [0.717, 1.165) is 30.2 Å². The highest BCUT2D eigenvalue weighted by Gasteiger charge is 2.41. The van der Waals surface area contributed by atoms with E-state index in [1.54, 1.807) is 13.0 Å². The smallest absolute Gasteiger partial charge is 0.336 e. The summed E-state index contributed by atoms with van der Waals surface area (Å²) in [4.78, 5) is 26.7. The number of nitrogens with zero attached hydrogens (tertiary/aromatic N) is 1. The fourth-order valence-electron chi connectivity index (χ4n) is 4.84. The maximum atomic E-state index is 13.1. The molecule has 3 rings (SSSR count). The third-order valence-corrected chi connectivity index (χ3v) is 5.91. The Labute approximate surface area is 178 Å². The first-order chi connectivity index (χ1) is 13.9. The second kappa shape index (κ2) is 8.06. The van der Waals surface area contributed by atoms with Crippen LogP contribution in [0.5, 0.6) is 5.75 Å². The van der Waals surface area contributed by atoms with Gasteiger partial charge < -0.3 is 19.4 Å². The second-order valence-corrected chi connectivity index (χ2v) is 9.77. The van der Waals surface area contributed by atoms with E-state index in [-0.39, 0.29) is 28.7 Å². The van der Waals surface area contributed by atoms with E-state index in [0.29, 0.717) is 11.3 Å². The molecular formula is C24H34N2O4. The summed E-state index contributed by atoms with van der Waals surface area (Å²) >= 11 is 0. The number of aryl methyl sites for hydroxylation is 1. The van der Waals surface area contributed by atoms with Gasteiger partial charge in [0.1, 0.15) is 11.3 Å². The molecule has 0 spiro atoms. The van der Waals surface area contributed by atoms with E-state index in [4.69, 9.17) is 9.15 Å². The van der Waals surface area contributed by atoms with Crippen LogP contribution in [0.25, 0.3) is 11.0 Å². The molecule has 1 fully saturated rings. The summed E-state index contributed by atoms with van der Waals surface area (Å²) < 4.78 is 11.3. The van der Waals surface area contributed by atoms with Crippen molar-refractivity contribution in [3.8, 4) is 5.75 Å². The minimum atomic E-state index is -0.644. The van der Waals surface area contributed by atoms with Crippen LogP contribution in [0, 0.1) is 0 Å². The normalized spacial score (nSPS) is 19.4. The second-order valence-electron chi connectivity index (χ2n) is 9.77. The molecule has 164 valence electrons. The Kier molecular flexibility index (Phi) is 6.01. The molecule has 6 nitrogen and oxygen atoms in total. The maximum Gasteiger partial charge on any atom is 0.336 e. The third-order valence-electron chi connectivity index (χ3n) is 5.91. The van der Waals surface area contributed by atoms with Gasteiger partial charge in [0, 0.05) is 41.7 Å². The highest BCUT2D eigenvalue weighted by molar-refractivity contribution is 5.83. The summed E-state index contributed by atoms with van der Waals surface area (Å²) in [5.41, 5.74) is 0.951. The Morgan fingerprint density at radius 1 is 1.23 bits per heavy atom. The first-order valence-corrected chi connectivity index (χ1v) is 10.7. The molecule has 0 saturated carbocycles. The molecule has 1 aliphatic rings. The number of hydrogen-bond acceptors (Lipinski definition) is 5. The van der Waals surface area contributed by atoms with Gasteiger partial charge in [0.25, 0.3) is 5.91 Å². The molecule has 1 aromatic carbocycles. The van der Waals surface area contributed by atoms with Crippen LogP contribution in [0.2, 0.25) is 0 Å². The van der Waals surface area contributed by atoms with Gasteiger partial charge in [-0.15, -0.1) is 0 Å². The van der Waals surface area contributed by atoms with Gasteiger partial charge in [0.05, 0.1) is 0 Å². The van der Waals surface area contributed by atoms with Gasteiger partial charge in [-0.3, -0.25) is 4.79 Å². The number of hydrogen-bond donors (Lipinski definition) is 1. The van der Waals surface area contributed by atoms with Crippen LogP contribution in [-0.4, -0.2) is 41.1 Å². The predicted octanol–water partition coefficient (Wildman–Crippen LogP) is 3.89.